The Morgan fingerprint density at radius 2 is 2.26 bits per heavy atom. The Bertz CT molecular complexity index is 522. The van der Waals surface area contributed by atoms with E-state index in [2.05, 4.69) is 5.32 Å². The van der Waals surface area contributed by atoms with Gasteiger partial charge in [-0.2, -0.15) is 0 Å². The van der Waals surface area contributed by atoms with Crippen molar-refractivity contribution < 1.29 is 19.4 Å². The van der Waals surface area contributed by atoms with Crippen LogP contribution in [0.15, 0.2) is 18.2 Å². The second kappa shape index (κ2) is 5.65. The highest BCUT2D eigenvalue weighted by Crippen LogP contribution is 2.34. The number of carbonyl (C=O) groups is 1. The Kier molecular flexibility index (Phi) is 3.94. The number of carboxylic acids is 1. The Labute approximate surface area is 111 Å². The van der Waals surface area contributed by atoms with E-state index in [1.54, 1.807) is 7.11 Å². The molecule has 0 fully saturated rings. The number of aliphatic carboxylic acids is 1. The van der Waals surface area contributed by atoms with Gasteiger partial charge in [-0.25, -0.2) is 4.79 Å². The fourth-order valence-electron chi connectivity index (χ4n) is 2.17. The largest absolute Gasteiger partial charge is 0.493 e. The predicted molar refractivity (Wildman–Crippen MR) is 71.5 cm³/mol. The molecule has 0 saturated carbocycles. The van der Waals surface area contributed by atoms with Crippen molar-refractivity contribution in [3.05, 3.63) is 29.3 Å². The first kappa shape index (κ1) is 13.3. The molecule has 0 atom stereocenters. The van der Waals surface area contributed by atoms with Gasteiger partial charge in [0.2, 0.25) is 0 Å². The summed E-state index contributed by atoms with van der Waals surface area (Å²) >= 11 is 0. The molecule has 0 bridgehead atoms. The van der Waals surface area contributed by atoms with Crippen LogP contribution in [0.5, 0.6) is 11.5 Å². The summed E-state index contributed by atoms with van der Waals surface area (Å²) in [5, 5.41) is 12.0. The standard InChI is InChI=1S/C14H17NO4/c1-3-19-13-6-9-4-5-15-11(8-14(16)17)10(9)7-12(13)18-2/h6-8,15H,3-5H2,1-2H3,(H,16,17)/b11-8+. The number of nitrogens with one attached hydrogen (secondary N) is 1. The minimum atomic E-state index is -0.969. The summed E-state index contributed by atoms with van der Waals surface area (Å²) in [6, 6.07) is 3.75. The molecule has 1 aliphatic rings. The molecule has 1 heterocycles. The van der Waals surface area contributed by atoms with Crippen LogP contribution >= 0.6 is 0 Å². The molecule has 0 unspecified atom stereocenters. The van der Waals surface area contributed by atoms with Crippen LogP contribution in [0.25, 0.3) is 5.70 Å². The molecular formula is C14H17NO4. The lowest BCUT2D eigenvalue weighted by atomic mass is 9.97. The zero-order valence-corrected chi connectivity index (χ0v) is 11.0. The summed E-state index contributed by atoms with van der Waals surface area (Å²) in [5.74, 6) is 0.337. The molecule has 0 saturated heterocycles. The number of methoxy groups -OCH3 is 1. The van der Waals surface area contributed by atoms with Gasteiger partial charge in [-0.1, -0.05) is 0 Å². The zero-order chi connectivity index (χ0) is 13.8. The molecule has 1 aromatic rings. The highest BCUT2D eigenvalue weighted by atomic mass is 16.5. The van der Waals surface area contributed by atoms with Gasteiger partial charge in [0.25, 0.3) is 0 Å². The molecule has 2 rings (SSSR count). The summed E-state index contributed by atoms with van der Waals surface area (Å²) in [6.45, 7) is 3.19. The number of carboxylic acid groups (broad SMARTS) is 1. The van der Waals surface area contributed by atoms with E-state index in [-0.39, 0.29) is 0 Å². The number of rotatable bonds is 4. The minimum absolute atomic E-state index is 0.561. The summed E-state index contributed by atoms with van der Waals surface area (Å²) in [7, 11) is 1.57. The molecule has 5 heteroatoms. The minimum Gasteiger partial charge on any atom is -0.493 e. The summed E-state index contributed by atoms with van der Waals surface area (Å²) < 4.78 is 10.8. The van der Waals surface area contributed by atoms with E-state index in [0.29, 0.717) is 30.3 Å². The fraction of sp³-hybridized carbons (Fsp3) is 0.357. The van der Waals surface area contributed by atoms with E-state index in [0.717, 1.165) is 17.5 Å². The van der Waals surface area contributed by atoms with Gasteiger partial charge in [0, 0.05) is 23.9 Å². The highest BCUT2D eigenvalue weighted by Gasteiger charge is 2.18. The first-order valence-corrected chi connectivity index (χ1v) is 6.18. The van der Waals surface area contributed by atoms with Crippen molar-refractivity contribution in [2.75, 3.05) is 20.3 Å². The smallest absolute Gasteiger partial charge is 0.330 e. The molecule has 5 nitrogen and oxygen atoms in total. The number of fused-ring (bicyclic) bond motifs is 1. The monoisotopic (exact) mass is 263 g/mol. The van der Waals surface area contributed by atoms with E-state index in [9.17, 15) is 4.79 Å². The van der Waals surface area contributed by atoms with E-state index in [1.165, 1.54) is 6.08 Å². The number of ether oxygens (including phenoxy) is 2. The van der Waals surface area contributed by atoms with Crippen molar-refractivity contribution in [1.29, 1.82) is 0 Å². The van der Waals surface area contributed by atoms with Crippen molar-refractivity contribution in [3.8, 4) is 11.5 Å². The lowest BCUT2D eigenvalue weighted by Crippen LogP contribution is -2.23. The van der Waals surface area contributed by atoms with Crippen LogP contribution in [0, 0.1) is 0 Å². The van der Waals surface area contributed by atoms with Crippen molar-refractivity contribution in [1.82, 2.24) is 5.32 Å². The molecule has 19 heavy (non-hydrogen) atoms. The van der Waals surface area contributed by atoms with Gasteiger partial charge < -0.3 is 19.9 Å². The van der Waals surface area contributed by atoms with Gasteiger partial charge in [-0.3, -0.25) is 0 Å². The Morgan fingerprint density at radius 3 is 2.89 bits per heavy atom. The average molecular weight is 263 g/mol. The molecule has 102 valence electrons. The molecule has 0 radical (unpaired) electrons. The molecule has 1 aromatic carbocycles. The van der Waals surface area contributed by atoms with Crippen LogP contribution in [-0.2, 0) is 11.2 Å². The van der Waals surface area contributed by atoms with Gasteiger partial charge in [-0.05, 0) is 31.0 Å². The molecular weight excluding hydrogens is 246 g/mol. The quantitative estimate of drug-likeness (QED) is 0.809. The van der Waals surface area contributed by atoms with Crippen LogP contribution < -0.4 is 14.8 Å². The number of hydrogen-bond donors (Lipinski definition) is 2. The maximum absolute atomic E-state index is 10.8. The van der Waals surface area contributed by atoms with Crippen LogP contribution in [0.4, 0.5) is 0 Å². The van der Waals surface area contributed by atoms with Gasteiger partial charge in [0.15, 0.2) is 11.5 Å². The van der Waals surface area contributed by atoms with E-state index in [1.807, 2.05) is 19.1 Å². The maximum atomic E-state index is 10.8. The molecule has 0 amide bonds. The SMILES string of the molecule is CCOc1cc2c(cc1OC)/C(=C\C(=O)O)NCC2. The Hall–Kier alpha value is -2.17. The number of hydrogen-bond acceptors (Lipinski definition) is 4. The zero-order valence-electron chi connectivity index (χ0n) is 11.0. The van der Waals surface area contributed by atoms with Gasteiger partial charge >= 0.3 is 5.97 Å². The van der Waals surface area contributed by atoms with Crippen molar-refractivity contribution in [2.45, 2.75) is 13.3 Å². The van der Waals surface area contributed by atoms with Crippen LogP contribution in [0.1, 0.15) is 18.1 Å². The molecule has 0 spiro atoms. The van der Waals surface area contributed by atoms with E-state index < -0.39 is 5.97 Å². The summed E-state index contributed by atoms with van der Waals surface area (Å²) in [5.41, 5.74) is 2.53. The molecule has 1 aliphatic heterocycles. The van der Waals surface area contributed by atoms with Crippen LogP contribution in [0.3, 0.4) is 0 Å². The van der Waals surface area contributed by atoms with Crippen molar-refractivity contribution >= 4 is 11.7 Å². The van der Waals surface area contributed by atoms with E-state index in [4.69, 9.17) is 14.6 Å². The molecule has 0 aliphatic carbocycles. The van der Waals surface area contributed by atoms with E-state index >= 15 is 0 Å². The average Bonchev–Trinajstić information content (AvgIpc) is 2.38. The lowest BCUT2D eigenvalue weighted by Gasteiger charge is -2.23. The topological polar surface area (TPSA) is 67.8 Å². The summed E-state index contributed by atoms with van der Waals surface area (Å²) in [4.78, 5) is 10.8. The maximum Gasteiger partial charge on any atom is 0.330 e. The normalized spacial score (nSPS) is 15.6. The Balaban J connectivity index is 2.49. The second-order valence-electron chi connectivity index (χ2n) is 4.17. The van der Waals surface area contributed by atoms with Gasteiger partial charge in [-0.15, -0.1) is 0 Å². The van der Waals surface area contributed by atoms with Crippen molar-refractivity contribution in [3.63, 3.8) is 0 Å². The van der Waals surface area contributed by atoms with Gasteiger partial charge in [0.05, 0.1) is 13.7 Å². The third-order valence-corrected chi connectivity index (χ3v) is 2.96. The highest BCUT2D eigenvalue weighted by molar-refractivity contribution is 5.90. The first-order valence-electron chi connectivity index (χ1n) is 6.18. The fourth-order valence-corrected chi connectivity index (χ4v) is 2.17. The first-order chi connectivity index (χ1) is 9.15. The lowest BCUT2D eigenvalue weighted by molar-refractivity contribution is -0.131. The van der Waals surface area contributed by atoms with Crippen LogP contribution in [0.2, 0.25) is 0 Å². The Morgan fingerprint density at radius 1 is 1.47 bits per heavy atom. The number of benzene rings is 1. The van der Waals surface area contributed by atoms with Gasteiger partial charge in [0.1, 0.15) is 0 Å². The second-order valence-corrected chi connectivity index (χ2v) is 4.17. The van der Waals surface area contributed by atoms with Crippen LogP contribution in [-0.4, -0.2) is 31.3 Å². The van der Waals surface area contributed by atoms with Crippen molar-refractivity contribution in [2.24, 2.45) is 0 Å². The third kappa shape index (κ3) is 2.81. The summed E-state index contributed by atoms with van der Waals surface area (Å²) in [6.07, 6.45) is 2.01. The predicted octanol–water partition coefficient (Wildman–Crippen LogP) is 1.67. The third-order valence-electron chi connectivity index (χ3n) is 2.96. The molecule has 0 aromatic heterocycles. The molecule has 2 N–H and O–H groups in total.